The van der Waals surface area contributed by atoms with Gasteiger partial charge in [-0.25, -0.2) is 4.98 Å². The molecule has 144 valence electrons. The van der Waals surface area contributed by atoms with Crippen LogP contribution in [-0.2, 0) is 6.18 Å². The van der Waals surface area contributed by atoms with Crippen LogP contribution in [-0.4, -0.2) is 16.0 Å². The molecule has 4 nitrogen and oxygen atoms in total. The van der Waals surface area contributed by atoms with Gasteiger partial charge in [-0.3, -0.25) is 0 Å². The van der Waals surface area contributed by atoms with Crippen LogP contribution in [0.15, 0.2) is 24.4 Å². The number of aromatic nitrogens is 2. The van der Waals surface area contributed by atoms with Crippen LogP contribution < -0.4 is 10.6 Å². The second kappa shape index (κ2) is 6.69. The second-order valence-corrected chi connectivity index (χ2v) is 7.78. The summed E-state index contributed by atoms with van der Waals surface area (Å²) in [5.41, 5.74) is 2.76. The lowest BCUT2D eigenvalue weighted by Gasteiger charge is -2.18. The van der Waals surface area contributed by atoms with Crippen LogP contribution in [0.1, 0.15) is 68.1 Å². The first-order chi connectivity index (χ1) is 12.8. The van der Waals surface area contributed by atoms with Crippen molar-refractivity contribution in [2.45, 2.75) is 63.6 Å². The third-order valence-electron chi connectivity index (χ3n) is 5.42. The second-order valence-electron chi connectivity index (χ2n) is 7.78. The number of nitrogens with zero attached hydrogens (tertiary/aromatic N) is 2. The van der Waals surface area contributed by atoms with E-state index in [1.807, 2.05) is 6.07 Å². The van der Waals surface area contributed by atoms with E-state index in [0.29, 0.717) is 11.8 Å². The lowest BCUT2D eigenvalue weighted by Crippen LogP contribution is -2.18. The van der Waals surface area contributed by atoms with Crippen molar-refractivity contribution < 1.29 is 13.2 Å². The van der Waals surface area contributed by atoms with Crippen LogP contribution in [0.2, 0.25) is 0 Å². The van der Waals surface area contributed by atoms with Crippen molar-refractivity contribution in [2.75, 3.05) is 10.6 Å². The fourth-order valence-corrected chi connectivity index (χ4v) is 4.29. The van der Waals surface area contributed by atoms with Crippen molar-refractivity contribution in [3.63, 3.8) is 0 Å². The van der Waals surface area contributed by atoms with Gasteiger partial charge in [-0.2, -0.15) is 18.2 Å². The summed E-state index contributed by atoms with van der Waals surface area (Å²) >= 11 is 0. The summed E-state index contributed by atoms with van der Waals surface area (Å²) in [6.45, 7) is 3.54. The molecular formula is C20H23F3N4. The zero-order valence-corrected chi connectivity index (χ0v) is 15.4. The maximum Gasteiger partial charge on any atom is 0.421 e. The molecule has 2 atom stereocenters. The molecule has 2 N–H and O–H groups in total. The highest BCUT2D eigenvalue weighted by Gasteiger charge is 2.36. The molecule has 0 aliphatic heterocycles. The fraction of sp³-hybridized carbons (Fsp3) is 0.500. The average molecular weight is 376 g/mol. The molecule has 1 aromatic carbocycles. The Morgan fingerprint density at radius 1 is 1.11 bits per heavy atom. The average Bonchev–Trinajstić information content (AvgIpc) is 2.83. The third kappa shape index (κ3) is 3.59. The number of benzene rings is 1. The molecule has 2 aliphatic carbocycles. The number of hydrogen-bond acceptors (Lipinski definition) is 4. The number of fused-ring (bicyclic) bond motifs is 5. The smallest absolute Gasteiger partial charge is 0.367 e. The first kappa shape index (κ1) is 18.1. The Bertz CT molecular complexity index is 848. The van der Waals surface area contributed by atoms with Gasteiger partial charge < -0.3 is 10.6 Å². The molecule has 1 fully saturated rings. The number of rotatable bonds is 4. The van der Waals surface area contributed by atoms with Gasteiger partial charge in [-0.1, -0.05) is 12.5 Å². The van der Waals surface area contributed by atoms with Gasteiger partial charge in [0, 0.05) is 17.9 Å². The molecule has 27 heavy (non-hydrogen) atoms. The van der Waals surface area contributed by atoms with Crippen LogP contribution in [0.4, 0.5) is 30.6 Å². The SMILES string of the molecule is CC(C)Nc1nc(Nc2ccc3c(c2)[C@H]2CCC[C@H]3C2)ncc1C(F)(F)F. The highest BCUT2D eigenvalue weighted by Crippen LogP contribution is 2.51. The molecule has 2 aliphatic rings. The molecule has 0 radical (unpaired) electrons. The highest BCUT2D eigenvalue weighted by molar-refractivity contribution is 5.60. The minimum atomic E-state index is -4.50. The Morgan fingerprint density at radius 3 is 2.56 bits per heavy atom. The van der Waals surface area contributed by atoms with Crippen molar-refractivity contribution in [2.24, 2.45) is 0 Å². The predicted octanol–water partition coefficient (Wildman–Crippen LogP) is 5.81. The first-order valence-electron chi connectivity index (χ1n) is 9.43. The van der Waals surface area contributed by atoms with Gasteiger partial charge in [0.25, 0.3) is 0 Å². The Labute approximate surface area is 156 Å². The maximum atomic E-state index is 13.2. The summed E-state index contributed by atoms with van der Waals surface area (Å²) in [6, 6.07) is 6.05. The monoisotopic (exact) mass is 376 g/mol. The van der Waals surface area contributed by atoms with Gasteiger partial charge in [-0.05, 0) is 68.2 Å². The number of nitrogens with one attached hydrogen (secondary N) is 2. The van der Waals surface area contributed by atoms with Crippen molar-refractivity contribution in [3.05, 3.63) is 41.1 Å². The van der Waals surface area contributed by atoms with Gasteiger partial charge in [0.05, 0.1) is 0 Å². The molecule has 4 rings (SSSR count). The minimum absolute atomic E-state index is 0.159. The highest BCUT2D eigenvalue weighted by atomic mass is 19.4. The zero-order chi connectivity index (χ0) is 19.2. The van der Waals surface area contributed by atoms with E-state index in [9.17, 15) is 13.2 Å². The van der Waals surface area contributed by atoms with E-state index in [0.717, 1.165) is 11.9 Å². The summed E-state index contributed by atoms with van der Waals surface area (Å²) in [6.07, 6.45) is 1.28. The molecule has 7 heteroatoms. The van der Waals surface area contributed by atoms with E-state index >= 15 is 0 Å². The molecule has 2 bridgehead atoms. The van der Waals surface area contributed by atoms with Crippen molar-refractivity contribution in [1.82, 2.24) is 9.97 Å². The van der Waals surface area contributed by atoms with Crippen molar-refractivity contribution >= 4 is 17.5 Å². The number of alkyl halides is 3. The predicted molar refractivity (Wildman–Crippen MR) is 99.5 cm³/mol. The van der Waals surface area contributed by atoms with E-state index in [4.69, 9.17) is 0 Å². The van der Waals surface area contributed by atoms with Gasteiger partial charge in [0.1, 0.15) is 11.4 Å². The molecule has 1 aromatic heterocycles. The topological polar surface area (TPSA) is 49.8 Å². The Morgan fingerprint density at radius 2 is 1.85 bits per heavy atom. The zero-order valence-electron chi connectivity index (χ0n) is 15.4. The van der Waals surface area contributed by atoms with Crippen LogP contribution >= 0.6 is 0 Å². The summed E-state index contributed by atoms with van der Waals surface area (Å²) in [4.78, 5) is 7.97. The van der Waals surface area contributed by atoms with Crippen LogP contribution in [0, 0.1) is 0 Å². The molecule has 1 heterocycles. The normalized spacial score (nSPS) is 21.3. The lowest BCUT2D eigenvalue weighted by molar-refractivity contribution is -0.137. The van der Waals surface area contributed by atoms with Crippen LogP contribution in [0.5, 0.6) is 0 Å². The Hall–Kier alpha value is -2.31. The molecule has 0 unspecified atom stereocenters. The van der Waals surface area contributed by atoms with Crippen molar-refractivity contribution in [3.8, 4) is 0 Å². The van der Waals surface area contributed by atoms with Gasteiger partial charge >= 0.3 is 6.18 Å². The lowest BCUT2D eigenvalue weighted by atomic mass is 9.87. The standard InChI is InChI=1S/C20H23F3N4/c1-11(2)25-18-17(20(21,22)23)10-24-19(27-18)26-14-6-7-15-12-4-3-5-13(8-12)16(15)9-14/h6-7,9-13H,3-5,8H2,1-2H3,(H2,24,25,26,27)/t12-,13-/m0/s1. The van der Waals surface area contributed by atoms with Gasteiger partial charge in [0.2, 0.25) is 5.95 Å². The summed E-state index contributed by atoms with van der Waals surface area (Å²) in [5, 5.41) is 5.84. The third-order valence-corrected chi connectivity index (χ3v) is 5.42. The summed E-state index contributed by atoms with van der Waals surface area (Å²) < 4.78 is 39.6. The van der Waals surface area contributed by atoms with E-state index in [-0.39, 0.29) is 17.8 Å². The van der Waals surface area contributed by atoms with Gasteiger partial charge in [0.15, 0.2) is 0 Å². The van der Waals surface area contributed by atoms with Crippen molar-refractivity contribution in [1.29, 1.82) is 0 Å². The summed E-state index contributed by atoms with van der Waals surface area (Å²) in [5.74, 6) is 1.23. The first-order valence-corrected chi connectivity index (χ1v) is 9.43. The maximum absolute atomic E-state index is 13.2. The molecule has 0 saturated heterocycles. The van der Waals surface area contributed by atoms with Crippen LogP contribution in [0.3, 0.4) is 0 Å². The number of anilines is 3. The Balaban J connectivity index is 1.62. The quantitative estimate of drug-likeness (QED) is 0.706. The van der Waals surface area contributed by atoms with E-state index < -0.39 is 11.7 Å². The Kier molecular flexibility index (Phi) is 4.48. The molecule has 1 saturated carbocycles. The molecule has 0 amide bonds. The minimum Gasteiger partial charge on any atom is -0.367 e. The molecular weight excluding hydrogens is 353 g/mol. The summed E-state index contributed by atoms with van der Waals surface area (Å²) in [7, 11) is 0. The van der Waals surface area contributed by atoms with E-state index in [2.05, 4.69) is 32.7 Å². The number of halogens is 3. The van der Waals surface area contributed by atoms with E-state index in [1.165, 1.54) is 36.8 Å². The molecule has 2 aromatic rings. The van der Waals surface area contributed by atoms with Crippen LogP contribution in [0.25, 0.3) is 0 Å². The largest absolute Gasteiger partial charge is 0.421 e. The van der Waals surface area contributed by atoms with Gasteiger partial charge in [-0.15, -0.1) is 0 Å². The number of hydrogen-bond donors (Lipinski definition) is 2. The van der Waals surface area contributed by atoms with E-state index in [1.54, 1.807) is 13.8 Å². The molecule has 0 spiro atoms. The fourth-order valence-electron chi connectivity index (χ4n) is 4.29.